The Morgan fingerprint density at radius 3 is 2.52 bits per heavy atom. The molecule has 1 aliphatic rings. The molecule has 1 saturated heterocycles. The summed E-state index contributed by atoms with van der Waals surface area (Å²) in [5, 5.41) is 2.83. The summed E-state index contributed by atoms with van der Waals surface area (Å²) in [6.45, 7) is 6.40. The fourth-order valence-electron chi connectivity index (χ4n) is 3.23. The molecule has 0 spiro atoms. The van der Waals surface area contributed by atoms with Crippen molar-refractivity contribution in [1.82, 2.24) is 20.1 Å². The van der Waals surface area contributed by atoms with Crippen molar-refractivity contribution in [3.63, 3.8) is 0 Å². The number of pyridine rings is 1. The van der Waals surface area contributed by atoms with Crippen molar-refractivity contribution in [2.45, 2.75) is 19.9 Å². The van der Waals surface area contributed by atoms with Gasteiger partial charge >= 0.3 is 0 Å². The molecule has 2 aromatic rings. The first-order valence-electron chi connectivity index (χ1n) is 9.36. The average Bonchev–Trinajstić information content (AvgIpc) is 2.69. The molecule has 27 heavy (non-hydrogen) atoms. The number of hydrogen-bond donors (Lipinski definition) is 1. The topological polar surface area (TPSA) is 65.5 Å². The van der Waals surface area contributed by atoms with E-state index in [0.717, 1.165) is 38.3 Å². The standard InChI is InChI=1S/C21H26N4O2/c1-17-3-2-4-19(15-17)21(27)23-10-7-20(26)25-13-11-24(12-14-25)16-18-5-8-22-9-6-18/h2-6,8-9,15H,7,10-14,16H2,1H3,(H,23,27). The number of nitrogens with one attached hydrogen (secondary N) is 1. The molecule has 142 valence electrons. The van der Waals surface area contributed by atoms with Crippen LogP contribution >= 0.6 is 0 Å². The van der Waals surface area contributed by atoms with Crippen LogP contribution in [-0.2, 0) is 11.3 Å². The van der Waals surface area contributed by atoms with Crippen molar-refractivity contribution in [3.05, 3.63) is 65.5 Å². The Bertz CT molecular complexity index is 771. The highest BCUT2D eigenvalue weighted by molar-refractivity contribution is 5.94. The van der Waals surface area contributed by atoms with Crippen LogP contribution in [0.2, 0.25) is 0 Å². The van der Waals surface area contributed by atoms with E-state index >= 15 is 0 Å². The second-order valence-electron chi connectivity index (χ2n) is 6.89. The fourth-order valence-corrected chi connectivity index (χ4v) is 3.23. The van der Waals surface area contributed by atoms with Crippen LogP contribution in [0.25, 0.3) is 0 Å². The number of rotatable bonds is 6. The Morgan fingerprint density at radius 2 is 1.81 bits per heavy atom. The predicted octanol–water partition coefficient (Wildman–Crippen LogP) is 1.85. The van der Waals surface area contributed by atoms with E-state index in [-0.39, 0.29) is 11.8 Å². The molecule has 2 heterocycles. The molecule has 3 rings (SSSR count). The third-order valence-corrected chi connectivity index (χ3v) is 4.79. The lowest BCUT2D eigenvalue weighted by molar-refractivity contribution is -0.132. The third kappa shape index (κ3) is 5.62. The number of carbonyl (C=O) groups excluding carboxylic acids is 2. The van der Waals surface area contributed by atoms with E-state index in [0.29, 0.717) is 18.5 Å². The molecule has 1 N–H and O–H groups in total. The molecule has 1 fully saturated rings. The number of amides is 2. The van der Waals surface area contributed by atoms with Gasteiger partial charge in [-0.1, -0.05) is 17.7 Å². The van der Waals surface area contributed by atoms with E-state index in [9.17, 15) is 9.59 Å². The van der Waals surface area contributed by atoms with Crippen LogP contribution in [0.5, 0.6) is 0 Å². The highest BCUT2D eigenvalue weighted by Gasteiger charge is 2.21. The summed E-state index contributed by atoms with van der Waals surface area (Å²) in [7, 11) is 0. The molecule has 1 aliphatic heterocycles. The molecule has 6 heteroatoms. The van der Waals surface area contributed by atoms with Gasteiger partial charge < -0.3 is 10.2 Å². The molecular formula is C21H26N4O2. The zero-order valence-electron chi connectivity index (χ0n) is 15.7. The minimum Gasteiger partial charge on any atom is -0.352 e. The van der Waals surface area contributed by atoms with Gasteiger partial charge in [0.05, 0.1) is 0 Å². The average molecular weight is 366 g/mol. The Morgan fingerprint density at radius 1 is 1.07 bits per heavy atom. The van der Waals surface area contributed by atoms with Gasteiger partial charge in [0.25, 0.3) is 5.91 Å². The van der Waals surface area contributed by atoms with Gasteiger partial charge in [0.2, 0.25) is 5.91 Å². The van der Waals surface area contributed by atoms with Crippen LogP contribution in [0, 0.1) is 6.92 Å². The molecular weight excluding hydrogens is 340 g/mol. The summed E-state index contributed by atoms with van der Waals surface area (Å²) >= 11 is 0. The van der Waals surface area contributed by atoms with E-state index < -0.39 is 0 Å². The molecule has 0 saturated carbocycles. The van der Waals surface area contributed by atoms with Crippen molar-refractivity contribution >= 4 is 11.8 Å². The molecule has 0 atom stereocenters. The molecule has 0 radical (unpaired) electrons. The van der Waals surface area contributed by atoms with E-state index in [4.69, 9.17) is 0 Å². The number of carbonyl (C=O) groups is 2. The first-order chi connectivity index (χ1) is 13.1. The number of aromatic nitrogens is 1. The number of hydrogen-bond acceptors (Lipinski definition) is 4. The van der Waals surface area contributed by atoms with Crippen molar-refractivity contribution in [2.24, 2.45) is 0 Å². The molecule has 1 aromatic heterocycles. The lowest BCUT2D eigenvalue weighted by Crippen LogP contribution is -2.48. The minimum atomic E-state index is -0.131. The van der Waals surface area contributed by atoms with Crippen molar-refractivity contribution in [3.8, 4) is 0 Å². The SMILES string of the molecule is Cc1cccc(C(=O)NCCC(=O)N2CCN(Cc3ccncc3)CC2)c1. The molecule has 1 aromatic carbocycles. The Kier molecular flexibility index (Phi) is 6.54. The zero-order chi connectivity index (χ0) is 19.1. The fraction of sp³-hybridized carbons (Fsp3) is 0.381. The predicted molar refractivity (Wildman–Crippen MR) is 104 cm³/mol. The molecule has 2 amide bonds. The Hall–Kier alpha value is -2.73. The number of aryl methyl sites for hydroxylation is 1. The van der Waals surface area contributed by atoms with Crippen LogP contribution < -0.4 is 5.32 Å². The maximum absolute atomic E-state index is 12.4. The monoisotopic (exact) mass is 366 g/mol. The summed E-state index contributed by atoms with van der Waals surface area (Å²) < 4.78 is 0. The van der Waals surface area contributed by atoms with E-state index in [1.807, 2.05) is 42.2 Å². The number of benzene rings is 1. The van der Waals surface area contributed by atoms with Crippen LogP contribution in [0.4, 0.5) is 0 Å². The highest BCUT2D eigenvalue weighted by atomic mass is 16.2. The van der Waals surface area contributed by atoms with Crippen LogP contribution in [0.15, 0.2) is 48.8 Å². The van der Waals surface area contributed by atoms with Crippen LogP contribution in [0.3, 0.4) is 0 Å². The molecule has 0 bridgehead atoms. The molecule has 0 unspecified atom stereocenters. The normalized spacial score (nSPS) is 14.8. The van der Waals surface area contributed by atoms with Gasteiger partial charge in [0, 0.05) is 63.6 Å². The maximum Gasteiger partial charge on any atom is 0.251 e. The van der Waals surface area contributed by atoms with Gasteiger partial charge in [0.15, 0.2) is 0 Å². The lowest BCUT2D eigenvalue weighted by Gasteiger charge is -2.34. The molecule has 6 nitrogen and oxygen atoms in total. The zero-order valence-corrected chi connectivity index (χ0v) is 15.7. The maximum atomic E-state index is 12.4. The summed E-state index contributed by atoms with van der Waals surface area (Å²) in [5.41, 5.74) is 2.92. The van der Waals surface area contributed by atoms with Crippen LogP contribution in [0.1, 0.15) is 27.9 Å². The Balaban J connectivity index is 1.37. The third-order valence-electron chi connectivity index (χ3n) is 4.79. The number of piperazine rings is 1. The van der Waals surface area contributed by atoms with Crippen molar-refractivity contribution in [1.29, 1.82) is 0 Å². The van der Waals surface area contributed by atoms with Crippen LogP contribution in [-0.4, -0.2) is 59.3 Å². The largest absolute Gasteiger partial charge is 0.352 e. The van der Waals surface area contributed by atoms with Gasteiger partial charge in [-0.2, -0.15) is 0 Å². The van der Waals surface area contributed by atoms with E-state index in [1.165, 1.54) is 5.56 Å². The first-order valence-corrected chi connectivity index (χ1v) is 9.36. The summed E-state index contributed by atoms with van der Waals surface area (Å²) in [5.74, 6) is -0.0308. The smallest absolute Gasteiger partial charge is 0.251 e. The Labute approximate surface area is 160 Å². The van der Waals surface area contributed by atoms with Gasteiger partial charge in [-0.3, -0.25) is 19.5 Å². The molecule has 0 aliphatic carbocycles. The van der Waals surface area contributed by atoms with Crippen molar-refractivity contribution in [2.75, 3.05) is 32.7 Å². The quantitative estimate of drug-likeness (QED) is 0.847. The minimum absolute atomic E-state index is 0.100. The van der Waals surface area contributed by atoms with E-state index in [2.05, 4.69) is 15.2 Å². The lowest BCUT2D eigenvalue weighted by atomic mass is 10.1. The second-order valence-corrected chi connectivity index (χ2v) is 6.89. The summed E-state index contributed by atoms with van der Waals surface area (Å²) in [4.78, 5) is 32.8. The van der Waals surface area contributed by atoms with E-state index in [1.54, 1.807) is 18.5 Å². The van der Waals surface area contributed by atoms with Crippen molar-refractivity contribution < 1.29 is 9.59 Å². The second kappa shape index (κ2) is 9.28. The number of nitrogens with zero attached hydrogens (tertiary/aromatic N) is 3. The first kappa shape index (κ1) is 19.0. The van der Waals surface area contributed by atoms with Gasteiger partial charge in [0.1, 0.15) is 0 Å². The van der Waals surface area contributed by atoms with Gasteiger partial charge in [-0.05, 0) is 36.8 Å². The van der Waals surface area contributed by atoms with Gasteiger partial charge in [-0.15, -0.1) is 0 Å². The van der Waals surface area contributed by atoms with Gasteiger partial charge in [-0.25, -0.2) is 0 Å². The highest BCUT2D eigenvalue weighted by Crippen LogP contribution is 2.09. The summed E-state index contributed by atoms with van der Waals surface area (Å²) in [6, 6.07) is 11.5. The summed E-state index contributed by atoms with van der Waals surface area (Å²) in [6.07, 6.45) is 3.95.